The van der Waals surface area contributed by atoms with Crippen LogP contribution in [0, 0.1) is 0 Å². The maximum atomic E-state index is 12.8. The van der Waals surface area contributed by atoms with Crippen molar-refractivity contribution in [1.82, 2.24) is 0 Å². The Morgan fingerprint density at radius 1 is 0.828 bits per heavy atom. The molecule has 0 aliphatic rings. The summed E-state index contributed by atoms with van der Waals surface area (Å²) in [5, 5.41) is 23.4. The van der Waals surface area contributed by atoms with Crippen LogP contribution in [-0.2, 0) is 6.54 Å². The number of Topliss-reactive ketones (excluding diaryl/α,β-unsaturated/α-hetero) is 1. The summed E-state index contributed by atoms with van der Waals surface area (Å²) in [5.74, 6) is -0.351. The molecule has 0 saturated heterocycles. The van der Waals surface area contributed by atoms with Gasteiger partial charge in [0.2, 0.25) is 23.5 Å². The van der Waals surface area contributed by atoms with Crippen LogP contribution in [-0.4, -0.2) is 16.0 Å². The molecule has 0 saturated carbocycles. The first-order valence-electron chi connectivity index (χ1n) is 8.79. The summed E-state index contributed by atoms with van der Waals surface area (Å²) >= 11 is 11.9. The van der Waals surface area contributed by atoms with E-state index < -0.39 is 0 Å². The monoisotopic (exact) mass is 426 g/mol. The zero-order valence-electron chi connectivity index (χ0n) is 15.1. The van der Waals surface area contributed by atoms with Gasteiger partial charge in [0.25, 0.3) is 0 Å². The van der Waals surface area contributed by atoms with Gasteiger partial charge in [-0.25, -0.2) is 0 Å². The first-order chi connectivity index (χ1) is 14.0. The molecule has 0 bridgehead atoms. The number of benzene rings is 3. The quantitative estimate of drug-likeness (QED) is 0.382. The van der Waals surface area contributed by atoms with Crippen LogP contribution < -0.4 is 9.13 Å². The number of nitrogens with zero attached hydrogens (tertiary/aromatic N) is 2. The molecule has 2 N–H and O–H groups in total. The van der Waals surface area contributed by atoms with E-state index in [-0.39, 0.29) is 24.2 Å². The molecule has 4 rings (SSSR count). The molecule has 5 nitrogen and oxygen atoms in total. The third kappa shape index (κ3) is 3.62. The van der Waals surface area contributed by atoms with E-state index in [1.807, 2.05) is 0 Å². The largest absolute Gasteiger partial charge is 0.638 e. The molecule has 1 heterocycles. The Morgan fingerprint density at radius 2 is 1.41 bits per heavy atom. The minimum absolute atomic E-state index is 0.123. The summed E-state index contributed by atoms with van der Waals surface area (Å²) in [6.07, 6.45) is 0. The van der Waals surface area contributed by atoms with Crippen LogP contribution in [0.15, 0.2) is 72.8 Å². The normalized spacial score (nSPS) is 11.0. The lowest BCUT2D eigenvalue weighted by Crippen LogP contribution is -2.48. The number of halogens is 2. The molecule has 1 aromatic heterocycles. The van der Waals surface area contributed by atoms with Gasteiger partial charge >= 0.3 is 11.9 Å². The first kappa shape index (κ1) is 19.2. The van der Waals surface area contributed by atoms with E-state index in [1.54, 1.807) is 72.8 Å². The zero-order chi connectivity index (χ0) is 20.5. The minimum Gasteiger partial charge on any atom is -0.459 e. The number of hydrogen-bond acceptors (Lipinski definition) is 3. The minimum atomic E-state index is -0.286. The number of carbonyl (C=O) groups excluding carboxylic acids is 1. The third-order valence-corrected chi connectivity index (χ3v) is 5.15. The lowest BCUT2D eigenvalue weighted by molar-refractivity contribution is -0.774. The van der Waals surface area contributed by atoms with Crippen molar-refractivity contribution >= 4 is 39.9 Å². The number of rotatable bonds is 4. The van der Waals surface area contributed by atoms with Crippen LogP contribution in [0.25, 0.3) is 16.6 Å². The molecular formula is C22H16Cl2N2O3+2. The predicted molar refractivity (Wildman–Crippen MR) is 110 cm³/mol. The van der Waals surface area contributed by atoms with Gasteiger partial charge in [-0.05, 0) is 47.0 Å². The summed E-state index contributed by atoms with van der Waals surface area (Å²) < 4.78 is 2.73. The topological polar surface area (TPSA) is 65.3 Å². The number of fused-ring (bicyclic) bond motifs is 1. The van der Waals surface area contributed by atoms with E-state index >= 15 is 0 Å². The van der Waals surface area contributed by atoms with E-state index in [0.29, 0.717) is 32.2 Å². The highest BCUT2D eigenvalue weighted by atomic mass is 35.5. The Bertz CT molecular complexity index is 1220. The lowest BCUT2D eigenvalue weighted by atomic mass is 10.1. The van der Waals surface area contributed by atoms with Gasteiger partial charge in [-0.1, -0.05) is 39.9 Å². The van der Waals surface area contributed by atoms with Crippen LogP contribution in [0.2, 0.25) is 10.0 Å². The van der Waals surface area contributed by atoms with Gasteiger partial charge in [-0.15, -0.1) is 0 Å². The van der Waals surface area contributed by atoms with Crippen molar-refractivity contribution < 1.29 is 24.1 Å². The molecule has 0 fully saturated rings. The SMILES string of the molecule is O=C(C[n+]1c(O)[n+](-c2ccc(Cl)cc2)c(O)c2ccccc21)c1ccc(Cl)cc1. The molecular weight excluding hydrogens is 411 g/mol. The second-order valence-corrected chi connectivity index (χ2v) is 7.34. The Labute approximate surface area is 176 Å². The molecule has 0 spiro atoms. The molecule has 0 aliphatic carbocycles. The van der Waals surface area contributed by atoms with Crippen LogP contribution in [0.5, 0.6) is 11.9 Å². The van der Waals surface area contributed by atoms with Gasteiger partial charge in [0.1, 0.15) is 0 Å². The van der Waals surface area contributed by atoms with Crippen molar-refractivity contribution in [3.8, 4) is 17.6 Å². The molecule has 29 heavy (non-hydrogen) atoms. The molecule has 0 atom stereocenters. The van der Waals surface area contributed by atoms with E-state index in [1.165, 1.54) is 9.13 Å². The van der Waals surface area contributed by atoms with Gasteiger partial charge in [0.05, 0.1) is 0 Å². The summed E-state index contributed by atoms with van der Waals surface area (Å²) in [6.45, 7) is -0.123. The predicted octanol–water partition coefficient (Wildman–Crippen LogP) is 4.00. The van der Waals surface area contributed by atoms with Crippen LogP contribution in [0.1, 0.15) is 10.4 Å². The van der Waals surface area contributed by atoms with Crippen LogP contribution in [0.4, 0.5) is 0 Å². The highest BCUT2D eigenvalue weighted by molar-refractivity contribution is 6.30. The Hall–Kier alpha value is -3.15. The van der Waals surface area contributed by atoms with Gasteiger partial charge in [-0.2, -0.15) is 0 Å². The zero-order valence-corrected chi connectivity index (χ0v) is 16.6. The van der Waals surface area contributed by atoms with Crippen LogP contribution >= 0.6 is 23.2 Å². The van der Waals surface area contributed by atoms with Crippen molar-refractivity contribution in [2.24, 2.45) is 0 Å². The fourth-order valence-electron chi connectivity index (χ4n) is 3.20. The van der Waals surface area contributed by atoms with Gasteiger partial charge < -0.3 is 10.2 Å². The summed E-state index contributed by atoms with van der Waals surface area (Å²) in [6, 6.07) is 19.9. The molecule has 0 radical (unpaired) electrons. The van der Waals surface area contributed by atoms with Crippen molar-refractivity contribution in [3.63, 3.8) is 0 Å². The molecule has 7 heteroatoms. The standard InChI is InChI=1S/C22H14Cl2N2O3/c23-15-7-5-14(6-8-15)20(27)13-25-19-4-2-1-3-18(19)21(28)26(22(25)29)17-11-9-16(24)10-12-17/h1-12H,13H2/p+2. The second kappa shape index (κ2) is 7.70. The number of carbonyl (C=O) groups is 1. The van der Waals surface area contributed by atoms with Crippen molar-refractivity contribution in [1.29, 1.82) is 0 Å². The summed E-state index contributed by atoms with van der Waals surface area (Å²) in [4.78, 5) is 12.8. The number of aromatic hydroxyl groups is 2. The highest BCUT2D eigenvalue weighted by Gasteiger charge is 2.36. The fraction of sp³-hybridized carbons (Fsp3) is 0.0455. The fourth-order valence-corrected chi connectivity index (χ4v) is 3.45. The maximum absolute atomic E-state index is 12.8. The van der Waals surface area contributed by atoms with E-state index in [9.17, 15) is 15.0 Å². The molecule has 144 valence electrons. The Kier molecular flexibility index (Phi) is 5.09. The lowest BCUT2D eigenvalue weighted by Gasteiger charge is -2.05. The van der Waals surface area contributed by atoms with Crippen molar-refractivity contribution in [2.45, 2.75) is 6.54 Å². The molecule has 0 unspecified atom stereocenters. The first-order valence-corrected chi connectivity index (χ1v) is 9.54. The number of aromatic nitrogens is 2. The number of para-hydroxylation sites is 1. The molecule has 0 aliphatic heterocycles. The van der Waals surface area contributed by atoms with Gasteiger partial charge in [-0.3, -0.25) is 4.79 Å². The van der Waals surface area contributed by atoms with E-state index in [2.05, 4.69) is 0 Å². The second-order valence-electron chi connectivity index (χ2n) is 6.47. The smallest absolute Gasteiger partial charge is 0.459 e. The summed E-state index contributed by atoms with van der Waals surface area (Å²) in [7, 11) is 0. The Balaban J connectivity index is 1.89. The molecule has 0 amide bonds. The molecule has 4 aromatic rings. The third-order valence-electron chi connectivity index (χ3n) is 4.64. The Morgan fingerprint density at radius 3 is 2.07 bits per heavy atom. The highest BCUT2D eigenvalue weighted by Crippen LogP contribution is 2.23. The summed E-state index contributed by atoms with van der Waals surface area (Å²) in [5.41, 5.74) is 1.49. The van der Waals surface area contributed by atoms with Gasteiger partial charge in [0, 0.05) is 33.8 Å². The average molecular weight is 427 g/mol. The van der Waals surface area contributed by atoms with Crippen LogP contribution in [0.3, 0.4) is 0 Å². The average Bonchev–Trinajstić information content (AvgIpc) is 2.73. The van der Waals surface area contributed by atoms with Gasteiger partial charge in [0.15, 0.2) is 5.39 Å². The number of hydrogen-bond donors (Lipinski definition) is 2. The van der Waals surface area contributed by atoms with E-state index in [4.69, 9.17) is 23.2 Å². The van der Waals surface area contributed by atoms with E-state index in [0.717, 1.165) is 0 Å². The maximum Gasteiger partial charge on any atom is 0.638 e. The van der Waals surface area contributed by atoms with Crippen molar-refractivity contribution in [3.05, 3.63) is 88.4 Å². The number of ketones is 1. The van der Waals surface area contributed by atoms with Crippen molar-refractivity contribution in [2.75, 3.05) is 0 Å². The molecule has 3 aromatic carbocycles.